The lowest BCUT2D eigenvalue weighted by molar-refractivity contribution is -0.210. The molecular formula is C24H18F5N5O3S. The highest BCUT2D eigenvalue weighted by Gasteiger charge is 2.46. The van der Waals surface area contributed by atoms with Crippen LogP contribution in [0.15, 0.2) is 30.5 Å². The number of nitrogen functional groups attached to an aromatic ring is 1. The van der Waals surface area contributed by atoms with Crippen molar-refractivity contribution >= 4 is 49.5 Å². The smallest absolute Gasteiger partial charge is 0.438 e. The highest BCUT2D eigenvalue weighted by atomic mass is 32.1. The Kier molecular flexibility index (Phi) is 5.57. The molecule has 0 saturated carbocycles. The van der Waals surface area contributed by atoms with Gasteiger partial charge >= 0.3 is 12.1 Å². The van der Waals surface area contributed by atoms with Crippen molar-refractivity contribution in [3.8, 4) is 11.1 Å². The number of nitrogens with zero attached hydrogens (tertiary/aromatic N) is 3. The molecule has 4 aromatic rings. The van der Waals surface area contributed by atoms with E-state index in [1.807, 2.05) is 0 Å². The predicted molar refractivity (Wildman–Crippen MR) is 128 cm³/mol. The minimum atomic E-state index is -5.19. The van der Waals surface area contributed by atoms with Crippen LogP contribution in [-0.4, -0.2) is 57.9 Å². The molecule has 1 saturated heterocycles. The Hall–Kier alpha value is -3.78. The number of esters is 1. The number of amides is 1. The number of benzene rings is 2. The van der Waals surface area contributed by atoms with Gasteiger partial charge in [0.05, 0.1) is 27.3 Å². The summed E-state index contributed by atoms with van der Waals surface area (Å²) in [6.07, 6.45) is -4.78. The Labute approximate surface area is 214 Å². The number of piperazine rings is 1. The molecule has 0 radical (unpaired) electrons. The van der Waals surface area contributed by atoms with Gasteiger partial charge in [0, 0.05) is 42.3 Å². The fourth-order valence-corrected chi connectivity index (χ4v) is 6.03. The molecule has 2 aliphatic heterocycles. The van der Waals surface area contributed by atoms with Crippen LogP contribution in [0.5, 0.6) is 0 Å². The van der Waals surface area contributed by atoms with Crippen molar-refractivity contribution in [2.75, 3.05) is 18.8 Å². The standard InChI is InChI=1S/C24H18F5N5O3S/c25-13-2-1-10(17-19(13)38-23(30)32-17)16-11-3-6-33-7-4-15-20(37-22(36)24(27,28)29)31-5-8-34(15)21(35)12(18(11)33)9-14(16)26/h1-3,6,9,15,20,31H,4-5,7-8H2,(H2,30,32)/t15-,20?/m0/s1. The normalized spacial score (nSPS) is 19.9. The molecule has 198 valence electrons. The van der Waals surface area contributed by atoms with Crippen molar-refractivity contribution in [3.05, 3.63) is 47.7 Å². The second kappa shape index (κ2) is 8.63. The molecule has 6 rings (SSSR count). The number of nitrogens with two attached hydrogens (primary N) is 1. The minimum Gasteiger partial charge on any atom is -0.438 e. The van der Waals surface area contributed by atoms with Crippen LogP contribution in [0.4, 0.5) is 27.1 Å². The second-order valence-electron chi connectivity index (χ2n) is 9.01. The zero-order valence-corrected chi connectivity index (χ0v) is 20.1. The summed E-state index contributed by atoms with van der Waals surface area (Å²) in [5.41, 5.74) is 6.86. The van der Waals surface area contributed by atoms with Crippen LogP contribution in [0.3, 0.4) is 0 Å². The average molecular weight is 551 g/mol. The van der Waals surface area contributed by atoms with Crippen LogP contribution < -0.4 is 11.1 Å². The molecule has 38 heavy (non-hydrogen) atoms. The fraction of sp³-hybridized carbons (Fsp3) is 0.292. The van der Waals surface area contributed by atoms with E-state index in [1.165, 1.54) is 17.0 Å². The second-order valence-corrected chi connectivity index (χ2v) is 10.0. The molecule has 1 amide bonds. The third kappa shape index (κ3) is 3.77. The van der Waals surface area contributed by atoms with E-state index in [1.54, 1.807) is 16.8 Å². The largest absolute Gasteiger partial charge is 0.490 e. The van der Waals surface area contributed by atoms with Gasteiger partial charge in [-0.15, -0.1) is 0 Å². The molecule has 2 aromatic heterocycles. The summed E-state index contributed by atoms with van der Waals surface area (Å²) >= 11 is 0.939. The van der Waals surface area contributed by atoms with Crippen molar-refractivity contribution < 1.29 is 36.3 Å². The van der Waals surface area contributed by atoms with Gasteiger partial charge in [0.15, 0.2) is 11.4 Å². The molecule has 1 fully saturated rings. The summed E-state index contributed by atoms with van der Waals surface area (Å²) < 4.78 is 75.3. The Balaban J connectivity index is 1.46. The molecule has 8 nitrogen and oxygen atoms in total. The maximum Gasteiger partial charge on any atom is 0.490 e. The molecule has 14 heteroatoms. The van der Waals surface area contributed by atoms with Gasteiger partial charge in [-0.25, -0.2) is 18.6 Å². The van der Waals surface area contributed by atoms with Crippen LogP contribution in [-0.2, 0) is 16.1 Å². The molecule has 3 N–H and O–H groups in total. The summed E-state index contributed by atoms with van der Waals surface area (Å²) in [6.45, 7) is 0.424. The van der Waals surface area contributed by atoms with E-state index in [0.29, 0.717) is 16.5 Å². The summed E-state index contributed by atoms with van der Waals surface area (Å²) in [7, 11) is 0. The highest BCUT2D eigenvalue weighted by molar-refractivity contribution is 7.22. The lowest BCUT2D eigenvalue weighted by Crippen LogP contribution is -2.62. The number of nitrogens with one attached hydrogen (secondary N) is 1. The number of alkyl halides is 3. The summed E-state index contributed by atoms with van der Waals surface area (Å²) in [5, 5.41) is 3.24. The fourth-order valence-electron chi connectivity index (χ4n) is 5.27. The SMILES string of the molecule is Nc1nc2c(-c3c(F)cc4c5c3ccn5CC[C@H]3C(OC(=O)C(F)(F)F)NCCN3C4=O)ccc(F)c2s1. The van der Waals surface area contributed by atoms with Gasteiger partial charge in [0.2, 0.25) is 0 Å². The molecule has 1 unspecified atom stereocenters. The van der Waals surface area contributed by atoms with Gasteiger partial charge in [-0.05, 0) is 30.7 Å². The maximum atomic E-state index is 15.8. The van der Waals surface area contributed by atoms with E-state index in [9.17, 15) is 27.2 Å². The maximum absolute atomic E-state index is 15.8. The van der Waals surface area contributed by atoms with Crippen LogP contribution in [0.2, 0.25) is 0 Å². The van der Waals surface area contributed by atoms with Crippen molar-refractivity contribution in [2.24, 2.45) is 0 Å². The molecule has 2 aromatic carbocycles. The van der Waals surface area contributed by atoms with Crippen molar-refractivity contribution in [1.82, 2.24) is 19.8 Å². The number of halogens is 5. The quantitative estimate of drug-likeness (QED) is 0.288. The predicted octanol–water partition coefficient (Wildman–Crippen LogP) is 4.03. The van der Waals surface area contributed by atoms with Gasteiger partial charge in [0.25, 0.3) is 5.91 Å². The molecule has 4 heterocycles. The summed E-state index contributed by atoms with van der Waals surface area (Å²) in [4.78, 5) is 30.7. The molecular weight excluding hydrogens is 533 g/mol. The van der Waals surface area contributed by atoms with E-state index in [-0.39, 0.29) is 52.5 Å². The number of fused-ring (bicyclic) bond motifs is 2. The number of thiazole rings is 1. The van der Waals surface area contributed by atoms with Gasteiger partial charge in [-0.3, -0.25) is 10.1 Å². The van der Waals surface area contributed by atoms with Crippen molar-refractivity contribution in [1.29, 1.82) is 0 Å². The first-order valence-electron chi connectivity index (χ1n) is 11.5. The zero-order chi connectivity index (χ0) is 26.9. The van der Waals surface area contributed by atoms with E-state index in [4.69, 9.17) is 5.73 Å². The van der Waals surface area contributed by atoms with Gasteiger partial charge in [-0.2, -0.15) is 13.2 Å². The molecule has 0 aliphatic carbocycles. The molecule has 0 bridgehead atoms. The summed E-state index contributed by atoms with van der Waals surface area (Å²) in [6, 6.07) is 4.39. The van der Waals surface area contributed by atoms with Crippen molar-refractivity contribution in [3.63, 3.8) is 0 Å². The number of aromatic nitrogens is 2. The zero-order valence-electron chi connectivity index (χ0n) is 19.3. The Morgan fingerprint density at radius 2 is 1.95 bits per heavy atom. The van der Waals surface area contributed by atoms with E-state index in [2.05, 4.69) is 15.0 Å². The van der Waals surface area contributed by atoms with Crippen LogP contribution in [0, 0.1) is 11.6 Å². The van der Waals surface area contributed by atoms with Crippen LogP contribution in [0.1, 0.15) is 16.8 Å². The third-order valence-corrected chi connectivity index (χ3v) is 7.74. The number of carbonyl (C=O) groups is 2. The molecule has 2 aliphatic rings. The Morgan fingerprint density at radius 1 is 1.16 bits per heavy atom. The first kappa shape index (κ1) is 24.6. The number of ether oxygens (including phenoxy) is 1. The topological polar surface area (TPSA) is 102 Å². The number of rotatable bonds is 2. The number of carbonyl (C=O) groups excluding carboxylic acids is 2. The molecule has 2 atom stereocenters. The third-order valence-electron chi connectivity index (χ3n) is 6.85. The van der Waals surface area contributed by atoms with Gasteiger partial charge in [0.1, 0.15) is 11.6 Å². The van der Waals surface area contributed by atoms with Gasteiger partial charge in [-0.1, -0.05) is 11.3 Å². The lowest BCUT2D eigenvalue weighted by atomic mass is 9.95. The van der Waals surface area contributed by atoms with Gasteiger partial charge < -0.3 is 19.9 Å². The van der Waals surface area contributed by atoms with E-state index in [0.717, 1.165) is 17.4 Å². The van der Waals surface area contributed by atoms with Crippen molar-refractivity contribution in [2.45, 2.75) is 31.4 Å². The number of aryl methyl sites for hydroxylation is 1. The monoisotopic (exact) mass is 551 g/mol. The first-order chi connectivity index (χ1) is 18.0. The minimum absolute atomic E-state index is 0.00916. The first-order valence-corrected chi connectivity index (χ1v) is 12.3. The lowest BCUT2D eigenvalue weighted by Gasteiger charge is -2.42. The number of hydrogen-bond donors (Lipinski definition) is 2. The van der Waals surface area contributed by atoms with Crippen LogP contribution >= 0.6 is 11.3 Å². The highest BCUT2D eigenvalue weighted by Crippen LogP contribution is 2.41. The summed E-state index contributed by atoms with van der Waals surface area (Å²) in [5.74, 6) is -4.27. The van der Waals surface area contributed by atoms with E-state index < -0.39 is 42.0 Å². The van der Waals surface area contributed by atoms with E-state index >= 15 is 4.39 Å². The Bertz CT molecular complexity index is 1630. The van der Waals surface area contributed by atoms with Crippen LogP contribution in [0.25, 0.3) is 32.2 Å². The molecule has 0 spiro atoms. The Morgan fingerprint density at radius 3 is 2.71 bits per heavy atom. The number of hydrogen-bond acceptors (Lipinski definition) is 7. The average Bonchev–Trinajstić information content (AvgIpc) is 3.45. The number of anilines is 1.